The molecule has 134 valence electrons. The third-order valence-electron chi connectivity index (χ3n) is 4.90. The summed E-state index contributed by atoms with van der Waals surface area (Å²) in [5, 5.41) is 2.83. The number of amides is 1. The van der Waals surface area contributed by atoms with Crippen LogP contribution in [0.3, 0.4) is 0 Å². The number of carbonyl (C=O) groups excluding carboxylic acids is 1. The van der Waals surface area contributed by atoms with Crippen LogP contribution in [0.25, 0.3) is 0 Å². The zero-order valence-electron chi connectivity index (χ0n) is 14.9. The quantitative estimate of drug-likeness (QED) is 0.779. The topological polar surface area (TPSA) is 109 Å². The van der Waals surface area contributed by atoms with Gasteiger partial charge in [-0.25, -0.2) is 4.99 Å². The van der Waals surface area contributed by atoms with Crippen molar-refractivity contribution in [2.24, 2.45) is 21.5 Å². The standard InChI is InChI=1S/C18H26N6O/c1-3-21-15(25)13-8-7-12(2)14(11-13)24-17(20)22-16(19)23-18(24)9-5-4-6-10-18/h7-8,11H,3-6,9-10H2,1-2H3,(H,21,25)(H4,19,20,22,23). The van der Waals surface area contributed by atoms with Gasteiger partial charge in [-0.2, -0.15) is 4.99 Å². The summed E-state index contributed by atoms with van der Waals surface area (Å²) in [6.07, 6.45) is 5.05. The second-order valence-corrected chi connectivity index (χ2v) is 6.68. The maximum Gasteiger partial charge on any atom is 0.251 e. The first-order valence-electron chi connectivity index (χ1n) is 8.85. The van der Waals surface area contributed by atoms with E-state index in [1.807, 2.05) is 36.9 Å². The number of nitrogens with zero attached hydrogens (tertiary/aromatic N) is 3. The highest BCUT2D eigenvalue weighted by Crippen LogP contribution is 2.40. The fourth-order valence-corrected chi connectivity index (χ4v) is 3.72. The molecule has 0 saturated heterocycles. The predicted octanol–water partition coefficient (Wildman–Crippen LogP) is 1.85. The van der Waals surface area contributed by atoms with Crippen LogP contribution in [0.2, 0.25) is 0 Å². The summed E-state index contributed by atoms with van der Waals surface area (Å²) in [6.45, 7) is 4.49. The third-order valence-corrected chi connectivity index (χ3v) is 4.90. The minimum atomic E-state index is -0.501. The van der Waals surface area contributed by atoms with Crippen LogP contribution < -0.4 is 21.7 Å². The SMILES string of the molecule is CCNC(=O)c1ccc(C)c(N2C(N)=NC(N)=NC23CCCCC3)c1. The number of rotatable bonds is 3. The van der Waals surface area contributed by atoms with Gasteiger partial charge in [-0.15, -0.1) is 0 Å². The van der Waals surface area contributed by atoms with Crippen molar-refractivity contribution in [2.75, 3.05) is 11.4 Å². The number of carbonyl (C=O) groups is 1. The van der Waals surface area contributed by atoms with E-state index in [0.29, 0.717) is 18.1 Å². The van der Waals surface area contributed by atoms with Gasteiger partial charge in [0.2, 0.25) is 11.9 Å². The van der Waals surface area contributed by atoms with Gasteiger partial charge in [0, 0.05) is 17.8 Å². The predicted molar refractivity (Wildman–Crippen MR) is 101 cm³/mol. The molecule has 1 aliphatic heterocycles. The number of guanidine groups is 2. The van der Waals surface area contributed by atoms with Crippen molar-refractivity contribution in [3.63, 3.8) is 0 Å². The molecule has 0 bridgehead atoms. The van der Waals surface area contributed by atoms with E-state index in [1.165, 1.54) is 6.42 Å². The van der Waals surface area contributed by atoms with E-state index in [4.69, 9.17) is 11.5 Å². The second-order valence-electron chi connectivity index (χ2n) is 6.68. The van der Waals surface area contributed by atoms with Crippen LogP contribution in [-0.4, -0.2) is 30.0 Å². The monoisotopic (exact) mass is 342 g/mol. The fourth-order valence-electron chi connectivity index (χ4n) is 3.72. The number of nitrogens with two attached hydrogens (primary N) is 2. The highest BCUT2D eigenvalue weighted by molar-refractivity contribution is 6.06. The Morgan fingerprint density at radius 3 is 2.68 bits per heavy atom. The van der Waals surface area contributed by atoms with Gasteiger partial charge in [-0.3, -0.25) is 9.69 Å². The van der Waals surface area contributed by atoms with Crippen molar-refractivity contribution >= 4 is 23.5 Å². The van der Waals surface area contributed by atoms with Crippen molar-refractivity contribution in [2.45, 2.75) is 51.6 Å². The van der Waals surface area contributed by atoms with Crippen LogP contribution >= 0.6 is 0 Å². The number of nitrogens with one attached hydrogen (secondary N) is 1. The third kappa shape index (κ3) is 3.18. The summed E-state index contributed by atoms with van der Waals surface area (Å²) >= 11 is 0. The van der Waals surface area contributed by atoms with Gasteiger partial charge in [0.15, 0.2) is 0 Å². The van der Waals surface area contributed by atoms with Gasteiger partial charge in [0.1, 0.15) is 5.66 Å². The minimum absolute atomic E-state index is 0.100. The lowest BCUT2D eigenvalue weighted by Gasteiger charge is -2.46. The first-order chi connectivity index (χ1) is 12.0. The zero-order chi connectivity index (χ0) is 18.0. The number of hydrogen-bond donors (Lipinski definition) is 3. The Morgan fingerprint density at radius 2 is 2.00 bits per heavy atom. The summed E-state index contributed by atoms with van der Waals surface area (Å²) in [5.74, 6) is 0.468. The number of aliphatic imine (C=N–C) groups is 2. The average Bonchev–Trinajstić information content (AvgIpc) is 2.56. The molecule has 5 N–H and O–H groups in total. The number of aryl methyl sites for hydroxylation is 1. The van der Waals surface area contributed by atoms with Crippen molar-refractivity contribution in [1.82, 2.24) is 5.32 Å². The molecular weight excluding hydrogens is 316 g/mol. The lowest BCUT2D eigenvalue weighted by Crippen LogP contribution is -2.58. The van der Waals surface area contributed by atoms with E-state index in [9.17, 15) is 4.79 Å². The average molecular weight is 342 g/mol. The summed E-state index contributed by atoms with van der Waals surface area (Å²) < 4.78 is 0. The molecule has 1 amide bonds. The molecule has 0 unspecified atom stereocenters. The molecule has 0 aromatic heterocycles. The lowest BCUT2D eigenvalue weighted by molar-refractivity contribution is 0.0956. The molecule has 1 aromatic carbocycles. The first-order valence-corrected chi connectivity index (χ1v) is 8.85. The van der Waals surface area contributed by atoms with Crippen LogP contribution in [-0.2, 0) is 0 Å². The first kappa shape index (κ1) is 17.3. The molecule has 1 spiro atoms. The molecule has 25 heavy (non-hydrogen) atoms. The van der Waals surface area contributed by atoms with E-state index >= 15 is 0 Å². The molecule has 0 radical (unpaired) electrons. The Kier molecular flexibility index (Phi) is 4.65. The normalized spacial score (nSPS) is 19.4. The number of benzene rings is 1. The molecule has 1 fully saturated rings. The van der Waals surface area contributed by atoms with E-state index in [2.05, 4.69) is 15.3 Å². The Balaban J connectivity index is 2.08. The second kappa shape index (κ2) is 6.74. The molecule has 0 atom stereocenters. The van der Waals surface area contributed by atoms with Gasteiger partial charge in [-0.05, 0) is 57.2 Å². The van der Waals surface area contributed by atoms with E-state index < -0.39 is 5.66 Å². The molecule has 7 heteroatoms. The van der Waals surface area contributed by atoms with Crippen molar-refractivity contribution in [3.8, 4) is 0 Å². The Labute approximate surface area is 148 Å². The van der Waals surface area contributed by atoms with Crippen molar-refractivity contribution in [1.29, 1.82) is 0 Å². The summed E-state index contributed by atoms with van der Waals surface area (Å²) in [7, 11) is 0. The van der Waals surface area contributed by atoms with Crippen LogP contribution in [0.4, 0.5) is 5.69 Å². The summed E-state index contributed by atoms with van der Waals surface area (Å²) in [4.78, 5) is 23.1. The van der Waals surface area contributed by atoms with Crippen LogP contribution in [0, 0.1) is 6.92 Å². The van der Waals surface area contributed by atoms with E-state index in [-0.39, 0.29) is 11.9 Å². The molecule has 1 saturated carbocycles. The van der Waals surface area contributed by atoms with Gasteiger partial charge in [0.05, 0.1) is 0 Å². The smallest absolute Gasteiger partial charge is 0.251 e. The maximum absolute atomic E-state index is 12.3. The molecule has 1 aliphatic carbocycles. The van der Waals surface area contributed by atoms with Crippen molar-refractivity contribution < 1.29 is 4.79 Å². The molecule has 3 rings (SSSR count). The van der Waals surface area contributed by atoms with Gasteiger partial charge in [0.25, 0.3) is 5.91 Å². The highest BCUT2D eigenvalue weighted by Gasteiger charge is 2.43. The number of hydrogen-bond acceptors (Lipinski definition) is 6. The van der Waals surface area contributed by atoms with E-state index in [1.54, 1.807) is 0 Å². The Bertz CT molecular complexity index is 733. The maximum atomic E-state index is 12.3. The lowest BCUT2D eigenvalue weighted by atomic mass is 9.87. The van der Waals surface area contributed by atoms with Crippen LogP contribution in [0.5, 0.6) is 0 Å². The highest BCUT2D eigenvalue weighted by atomic mass is 16.1. The summed E-state index contributed by atoms with van der Waals surface area (Å²) in [5.41, 5.74) is 14.2. The van der Waals surface area contributed by atoms with Crippen LogP contribution in [0.15, 0.2) is 28.2 Å². The molecule has 2 aliphatic rings. The molecule has 1 heterocycles. The molecule has 1 aromatic rings. The molecule has 7 nitrogen and oxygen atoms in total. The Morgan fingerprint density at radius 1 is 1.28 bits per heavy atom. The minimum Gasteiger partial charge on any atom is -0.369 e. The number of anilines is 1. The van der Waals surface area contributed by atoms with Gasteiger partial charge < -0.3 is 16.8 Å². The van der Waals surface area contributed by atoms with Gasteiger partial charge in [-0.1, -0.05) is 12.5 Å². The van der Waals surface area contributed by atoms with E-state index in [0.717, 1.165) is 36.9 Å². The van der Waals surface area contributed by atoms with Gasteiger partial charge >= 0.3 is 0 Å². The zero-order valence-corrected chi connectivity index (χ0v) is 14.9. The van der Waals surface area contributed by atoms with Crippen LogP contribution in [0.1, 0.15) is 54.9 Å². The largest absolute Gasteiger partial charge is 0.369 e. The Hall–Kier alpha value is -2.57. The molecular formula is C18H26N6O. The van der Waals surface area contributed by atoms with Crippen molar-refractivity contribution in [3.05, 3.63) is 29.3 Å². The summed E-state index contributed by atoms with van der Waals surface area (Å²) in [6, 6.07) is 5.63. The fraction of sp³-hybridized carbons (Fsp3) is 0.500.